The lowest BCUT2D eigenvalue weighted by molar-refractivity contribution is 0.274. The second kappa shape index (κ2) is 5.19. The van der Waals surface area contributed by atoms with Crippen molar-refractivity contribution >= 4 is 0 Å². The minimum absolute atomic E-state index is 0.256. The van der Waals surface area contributed by atoms with Crippen LogP contribution in [0.25, 0.3) is 0 Å². The number of likely N-dealkylation sites (tertiary alicyclic amines) is 1. The molecule has 0 spiro atoms. The molecule has 0 radical (unpaired) electrons. The molecule has 17 heavy (non-hydrogen) atoms. The number of nitrogens with two attached hydrogens (primary N) is 1. The van der Waals surface area contributed by atoms with E-state index in [4.69, 9.17) is 5.73 Å². The smallest absolute Gasteiger partial charge is 0.0208 e. The Hall–Kier alpha value is -0.860. The number of hydrogen-bond acceptors (Lipinski definition) is 2. The van der Waals surface area contributed by atoms with E-state index in [-0.39, 0.29) is 6.04 Å². The molecule has 0 amide bonds. The van der Waals surface area contributed by atoms with Crippen LogP contribution in [0, 0.1) is 5.41 Å². The highest BCUT2D eigenvalue weighted by molar-refractivity contribution is 5.15. The van der Waals surface area contributed by atoms with Crippen LogP contribution in [0.4, 0.5) is 0 Å². The molecule has 0 aromatic heterocycles. The maximum atomic E-state index is 6.23. The maximum absolute atomic E-state index is 6.23. The van der Waals surface area contributed by atoms with Gasteiger partial charge >= 0.3 is 0 Å². The fourth-order valence-corrected chi connectivity index (χ4v) is 2.69. The quantitative estimate of drug-likeness (QED) is 0.863. The van der Waals surface area contributed by atoms with Gasteiger partial charge < -0.3 is 10.6 Å². The van der Waals surface area contributed by atoms with Crippen LogP contribution in [-0.2, 0) is 6.42 Å². The van der Waals surface area contributed by atoms with Crippen molar-refractivity contribution in [2.45, 2.75) is 32.7 Å². The standard InChI is InChI=1S/C15H24N2/c1-15(2)8-9-17(12-15)11-14(16)10-13-6-4-3-5-7-13/h3-7,14H,8-12,16H2,1-2H3. The summed E-state index contributed by atoms with van der Waals surface area (Å²) in [6, 6.07) is 10.8. The monoisotopic (exact) mass is 232 g/mol. The number of nitrogens with zero attached hydrogens (tertiary/aromatic N) is 1. The average Bonchev–Trinajstić information content (AvgIpc) is 2.59. The number of rotatable bonds is 4. The van der Waals surface area contributed by atoms with Crippen LogP contribution >= 0.6 is 0 Å². The lowest BCUT2D eigenvalue weighted by Gasteiger charge is -2.23. The van der Waals surface area contributed by atoms with Crippen LogP contribution in [0.5, 0.6) is 0 Å². The van der Waals surface area contributed by atoms with Crippen LogP contribution in [0.1, 0.15) is 25.8 Å². The van der Waals surface area contributed by atoms with Crippen LogP contribution in [-0.4, -0.2) is 30.6 Å². The van der Waals surface area contributed by atoms with Gasteiger partial charge in [-0.1, -0.05) is 44.2 Å². The molecule has 2 rings (SSSR count). The molecule has 1 aromatic rings. The lowest BCUT2D eigenvalue weighted by atomic mass is 9.93. The van der Waals surface area contributed by atoms with Gasteiger partial charge in [-0.15, -0.1) is 0 Å². The van der Waals surface area contributed by atoms with Crippen molar-refractivity contribution in [1.29, 1.82) is 0 Å². The number of hydrogen-bond donors (Lipinski definition) is 1. The second-order valence-corrected chi connectivity index (χ2v) is 6.10. The largest absolute Gasteiger partial charge is 0.326 e. The minimum atomic E-state index is 0.256. The Bertz CT molecular complexity index is 345. The van der Waals surface area contributed by atoms with E-state index < -0.39 is 0 Å². The fraction of sp³-hybridized carbons (Fsp3) is 0.600. The van der Waals surface area contributed by atoms with Gasteiger partial charge in [0.25, 0.3) is 0 Å². The van der Waals surface area contributed by atoms with Gasteiger partial charge in [0, 0.05) is 19.1 Å². The van der Waals surface area contributed by atoms with Crippen LogP contribution in [0.15, 0.2) is 30.3 Å². The summed E-state index contributed by atoms with van der Waals surface area (Å²) in [6.45, 7) is 8.11. The third kappa shape index (κ3) is 3.83. The highest BCUT2D eigenvalue weighted by atomic mass is 15.2. The summed E-state index contributed by atoms with van der Waals surface area (Å²) in [5, 5.41) is 0. The molecular formula is C15H24N2. The molecule has 2 N–H and O–H groups in total. The molecule has 1 heterocycles. The molecule has 1 atom stereocenters. The second-order valence-electron chi connectivity index (χ2n) is 6.10. The van der Waals surface area contributed by atoms with Crippen LogP contribution in [0.2, 0.25) is 0 Å². The lowest BCUT2D eigenvalue weighted by Crippen LogP contribution is -2.38. The normalized spacial score (nSPS) is 21.6. The molecule has 0 bridgehead atoms. The summed E-state index contributed by atoms with van der Waals surface area (Å²) in [6.07, 6.45) is 2.28. The molecule has 1 aliphatic heterocycles. The van der Waals surface area contributed by atoms with E-state index in [0.29, 0.717) is 5.41 Å². The zero-order valence-electron chi connectivity index (χ0n) is 11.0. The number of benzene rings is 1. The van der Waals surface area contributed by atoms with Crippen molar-refractivity contribution in [3.8, 4) is 0 Å². The average molecular weight is 232 g/mol. The van der Waals surface area contributed by atoms with Crippen molar-refractivity contribution in [3.05, 3.63) is 35.9 Å². The Morgan fingerprint density at radius 2 is 2.00 bits per heavy atom. The van der Waals surface area contributed by atoms with Gasteiger partial charge in [0.1, 0.15) is 0 Å². The van der Waals surface area contributed by atoms with Gasteiger partial charge in [-0.05, 0) is 30.4 Å². The van der Waals surface area contributed by atoms with E-state index in [1.54, 1.807) is 0 Å². The zero-order valence-corrected chi connectivity index (χ0v) is 11.0. The predicted octanol–water partition coefficient (Wildman–Crippen LogP) is 2.29. The molecule has 0 aliphatic carbocycles. The Balaban J connectivity index is 1.80. The van der Waals surface area contributed by atoms with Gasteiger partial charge in [0.2, 0.25) is 0 Å². The van der Waals surface area contributed by atoms with E-state index in [0.717, 1.165) is 13.0 Å². The third-order valence-corrected chi connectivity index (χ3v) is 3.59. The molecule has 1 fully saturated rings. The third-order valence-electron chi connectivity index (χ3n) is 3.59. The van der Waals surface area contributed by atoms with Gasteiger partial charge in [-0.2, -0.15) is 0 Å². The summed E-state index contributed by atoms with van der Waals surface area (Å²) >= 11 is 0. The SMILES string of the molecule is CC1(C)CCN(CC(N)Cc2ccccc2)C1. The molecule has 0 saturated carbocycles. The summed E-state index contributed by atoms with van der Waals surface area (Å²) in [7, 11) is 0. The van der Waals surface area contributed by atoms with E-state index in [1.807, 2.05) is 0 Å². The van der Waals surface area contributed by atoms with Crippen molar-refractivity contribution < 1.29 is 0 Å². The zero-order chi connectivity index (χ0) is 12.3. The summed E-state index contributed by atoms with van der Waals surface area (Å²) in [5.41, 5.74) is 8.06. The van der Waals surface area contributed by atoms with E-state index in [1.165, 1.54) is 25.1 Å². The van der Waals surface area contributed by atoms with Crippen molar-refractivity contribution in [3.63, 3.8) is 0 Å². The van der Waals surface area contributed by atoms with E-state index in [9.17, 15) is 0 Å². The fourth-order valence-electron chi connectivity index (χ4n) is 2.69. The first kappa shape index (κ1) is 12.6. The van der Waals surface area contributed by atoms with Crippen molar-refractivity contribution in [2.75, 3.05) is 19.6 Å². The first-order valence-electron chi connectivity index (χ1n) is 6.57. The molecule has 94 valence electrons. The molecule has 1 saturated heterocycles. The Morgan fingerprint density at radius 3 is 2.59 bits per heavy atom. The van der Waals surface area contributed by atoms with Crippen LogP contribution < -0.4 is 5.73 Å². The van der Waals surface area contributed by atoms with Gasteiger partial charge in [0.05, 0.1) is 0 Å². The van der Waals surface area contributed by atoms with Gasteiger partial charge in [0.15, 0.2) is 0 Å². The highest BCUT2D eigenvalue weighted by Crippen LogP contribution is 2.28. The Morgan fingerprint density at radius 1 is 1.29 bits per heavy atom. The van der Waals surface area contributed by atoms with Crippen molar-refractivity contribution in [2.24, 2.45) is 11.1 Å². The molecule has 2 nitrogen and oxygen atoms in total. The molecule has 1 unspecified atom stereocenters. The summed E-state index contributed by atoms with van der Waals surface area (Å²) in [5.74, 6) is 0. The summed E-state index contributed by atoms with van der Waals surface area (Å²) < 4.78 is 0. The topological polar surface area (TPSA) is 29.3 Å². The molecule has 1 aromatic carbocycles. The predicted molar refractivity (Wildman–Crippen MR) is 73.0 cm³/mol. The van der Waals surface area contributed by atoms with Gasteiger partial charge in [-0.25, -0.2) is 0 Å². The Kier molecular flexibility index (Phi) is 3.85. The van der Waals surface area contributed by atoms with Crippen molar-refractivity contribution in [1.82, 2.24) is 4.90 Å². The molecular weight excluding hydrogens is 208 g/mol. The van der Waals surface area contributed by atoms with E-state index >= 15 is 0 Å². The molecule has 2 heteroatoms. The van der Waals surface area contributed by atoms with Gasteiger partial charge in [-0.3, -0.25) is 0 Å². The molecule has 1 aliphatic rings. The highest BCUT2D eigenvalue weighted by Gasteiger charge is 2.29. The van der Waals surface area contributed by atoms with Crippen LogP contribution in [0.3, 0.4) is 0 Å². The maximum Gasteiger partial charge on any atom is 0.0208 e. The first-order valence-corrected chi connectivity index (χ1v) is 6.57. The minimum Gasteiger partial charge on any atom is -0.326 e. The van der Waals surface area contributed by atoms with E-state index in [2.05, 4.69) is 49.1 Å². The summed E-state index contributed by atoms with van der Waals surface area (Å²) in [4.78, 5) is 2.51. The first-order chi connectivity index (χ1) is 8.05. The Labute approximate surface area is 105 Å².